The minimum absolute atomic E-state index is 0.0223. The zero-order valence-electron chi connectivity index (χ0n) is 78.8. The van der Waals surface area contributed by atoms with Gasteiger partial charge in [0.1, 0.15) is 0 Å². The van der Waals surface area contributed by atoms with Crippen molar-refractivity contribution < 1.29 is 0 Å². The predicted molar refractivity (Wildman–Crippen MR) is 595 cm³/mol. The van der Waals surface area contributed by atoms with E-state index in [1.807, 2.05) is 0 Å². The zero-order chi connectivity index (χ0) is 94.2. The quantitative estimate of drug-likeness (QED) is 0.0893. The first-order valence-electron chi connectivity index (χ1n) is 50.2. The van der Waals surface area contributed by atoms with Gasteiger partial charge >= 0.3 is 0 Å². The van der Waals surface area contributed by atoms with Gasteiger partial charge in [-0.05, 0) is 235 Å². The van der Waals surface area contributed by atoms with Gasteiger partial charge in [0.05, 0.1) is 44.4 Å². The molecule has 30 rings (SSSR count). The molecule has 0 unspecified atom stereocenters. The highest BCUT2D eigenvalue weighted by Crippen LogP contribution is 2.68. The van der Waals surface area contributed by atoms with Crippen LogP contribution in [0.5, 0.6) is 0 Å². The van der Waals surface area contributed by atoms with Gasteiger partial charge in [-0.3, -0.25) is 0 Å². The Morgan fingerprint density at radius 1 is 0.168 bits per heavy atom. The molecule has 0 amide bonds. The molecule has 4 nitrogen and oxygen atoms in total. The Labute approximate surface area is 835 Å². The van der Waals surface area contributed by atoms with Crippen LogP contribution in [-0.2, 0) is 21.7 Å². The molecule has 22 aromatic carbocycles. The summed E-state index contributed by atoms with van der Waals surface area (Å²) < 4.78 is 0. The van der Waals surface area contributed by atoms with E-state index < -0.39 is 21.7 Å². The summed E-state index contributed by atoms with van der Waals surface area (Å²) in [5.41, 5.74) is 52.0. The highest BCUT2D eigenvalue weighted by molar-refractivity contribution is 7.01. The summed E-state index contributed by atoms with van der Waals surface area (Å²) in [4.78, 5) is 10.4. The van der Waals surface area contributed by atoms with E-state index in [1.54, 1.807) is 0 Å². The molecule has 4 aliphatic heterocycles. The van der Waals surface area contributed by atoms with Gasteiger partial charge in [0.2, 0.25) is 0 Å². The number of anilines is 12. The van der Waals surface area contributed by atoms with Gasteiger partial charge in [0, 0.05) is 56.6 Å². The van der Waals surface area contributed by atoms with Crippen LogP contribution < -0.4 is 52.4 Å². The minimum atomic E-state index is -0.676. The van der Waals surface area contributed by atoms with Crippen LogP contribution in [0, 0.1) is 6.92 Å². The Kier molecular flexibility index (Phi) is 18.5. The second-order valence-corrected chi connectivity index (χ2v) is 39.3. The van der Waals surface area contributed by atoms with Crippen LogP contribution in [0.2, 0.25) is 0 Å². The predicted octanol–water partition coefficient (Wildman–Crippen LogP) is 29.3. The number of fused-ring (bicyclic) bond motifs is 28. The molecule has 0 aromatic heterocycles. The van der Waals surface area contributed by atoms with Gasteiger partial charge in [-0.15, -0.1) is 0 Å². The third kappa shape index (κ3) is 11.3. The standard InChI is InChI=1S/C69H51BN2.C68H41BN2/c1-50-47-48-64-60(49-50)70-59-41-22-25-44-63(59)71(61-42-23-20-39-57(61)68(51-27-8-2-9-28-51,52-29-10-3-11-30-52)53-31-12-4-13-32-53)65-45-26-46-66(67(65)70)72(64)62-43-24-21-40-58(62)69(54-33-14-5-15-34-54,55-35-16-6-17-36-55)56-37-18-7-19-38-56;1-7-26-48-42(20-1)43-21-2-8-27-49(43)67(48)52-30-11-5-24-46(52)64-54(67)32-17-38-60(64)70-58-36-15-13-34-56(58)69-57-35-14-16-37-59(57)71(63-41-19-40-62(70)66(63)69)61-39-18-33-55-65(61)47-25-6-12-31-53(47)68(55)50-28-9-3-22-44(50)45-23-4-10-29-51(45)68/h2-49H,1H3;1-41H. The third-order valence-electron chi connectivity index (χ3n) is 32.7. The van der Waals surface area contributed by atoms with Gasteiger partial charge in [-0.1, -0.05) is 473 Å². The number of nitrogens with zero attached hydrogens (tertiary/aromatic N) is 4. The van der Waals surface area contributed by atoms with Gasteiger partial charge in [-0.25, -0.2) is 0 Å². The van der Waals surface area contributed by atoms with Crippen LogP contribution in [-0.4, -0.2) is 13.4 Å². The Morgan fingerprint density at radius 3 is 0.706 bits per heavy atom. The smallest absolute Gasteiger partial charge is 0.252 e. The van der Waals surface area contributed by atoms with E-state index in [4.69, 9.17) is 0 Å². The lowest BCUT2D eigenvalue weighted by Crippen LogP contribution is -2.61. The SMILES string of the molecule is Cc1ccc2c(c1)B1c3ccccc3N(c3ccccc3C(c3ccccc3)(c3ccccc3)c3ccccc3)c3cccc(c31)N2c1ccccc1C(c1ccccc1)(c1ccccc1)c1ccccc1.c1ccc2c(c1)B1c3ccccc3N(c3cccc4c3-c3ccccc3C43c4ccccc4-c4ccccc43)c3cccc(c31)N2c1cccc2c1-c1ccccc1C21c2ccccc2-c2ccccc21. The van der Waals surface area contributed by atoms with Gasteiger partial charge in [0.25, 0.3) is 13.4 Å². The molecule has 2 spiro atoms. The average molecular weight is 1820 g/mol. The summed E-state index contributed by atoms with van der Waals surface area (Å²) in [7, 11) is 0. The lowest BCUT2D eigenvalue weighted by atomic mass is 9.33. The highest BCUT2D eigenvalue weighted by Gasteiger charge is 2.57. The van der Waals surface area contributed by atoms with Gasteiger partial charge < -0.3 is 19.6 Å². The molecule has 0 radical (unpaired) electrons. The van der Waals surface area contributed by atoms with Crippen molar-refractivity contribution in [3.05, 3.63) is 634 Å². The van der Waals surface area contributed by atoms with Gasteiger partial charge in [0.15, 0.2) is 0 Å². The fraction of sp³-hybridized carbons (Fsp3) is 0.0365. The first-order chi connectivity index (χ1) is 71.0. The fourth-order valence-corrected chi connectivity index (χ4v) is 27.5. The first kappa shape index (κ1) is 82.3. The van der Waals surface area contributed by atoms with E-state index in [2.05, 4.69) is 566 Å². The fourth-order valence-electron chi connectivity index (χ4n) is 27.5. The number of para-hydroxylation sites is 5. The highest BCUT2D eigenvalue weighted by atomic mass is 15.2. The molecule has 22 aromatic rings. The van der Waals surface area contributed by atoms with Crippen LogP contribution in [0.25, 0.3) is 44.5 Å². The van der Waals surface area contributed by atoms with Crippen molar-refractivity contribution >= 4 is 114 Å². The molecule has 0 bridgehead atoms. The monoisotopic (exact) mass is 1810 g/mol. The van der Waals surface area contributed by atoms with Crippen LogP contribution >= 0.6 is 0 Å². The second kappa shape index (κ2) is 32.1. The molecular weight excluding hydrogens is 1720 g/mol. The molecule has 6 heteroatoms. The number of aryl methyl sites for hydroxylation is 1. The number of rotatable bonds is 12. The van der Waals surface area contributed by atoms with Crippen molar-refractivity contribution in [1.82, 2.24) is 0 Å². The van der Waals surface area contributed by atoms with Crippen molar-refractivity contribution in [3.63, 3.8) is 0 Å². The van der Waals surface area contributed by atoms with Crippen LogP contribution in [0.1, 0.15) is 94.6 Å². The first-order valence-corrected chi connectivity index (χ1v) is 50.2. The van der Waals surface area contributed by atoms with E-state index in [0.29, 0.717) is 0 Å². The zero-order valence-corrected chi connectivity index (χ0v) is 78.8. The largest absolute Gasteiger partial charge is 0.311 e. The van der Waals surface area contributed by atoms with Crippen LogP contribution in [0.4, 0.5) is 68.2 Å². The number of benzene rings is 22. The van der Waals surface area contributed by atoms with Crippen molar-refractivity contribution in [2.75, 3.05) is 19.6 Å². The molecule has 143 heavy (non-hydrogen) atoms. The van der Waals surface area contributed by atoms with Crippen LogP contribution in [0.15, 0.2) is 540 Å². The minimum Gasteiger partial charge on any atom is -0.311 e. The van der Waals surface area contributed by atoms with Crippen molar-refractivity contribution in [2.24, 2.45) is 0 Å². The van der Waals surface area contributed by atoms with E-state index >= 15 is 0 Å². The van der Waals surface area contributed by atoms with Crippen molar-refractivity contribution in [1.29, 1.82) is 0 Å². The Bertz CT molecular complexity index is 8360. The van der Waals surface area contributed by atoms with E-state index in [9.17, 15) is 0 Å². The normalized spacial score (nSPS) is 13.9. The molecule has 4 heterocycles. The molecule has 666 valence electrons. The molecule has 0 fully saturated rings. The topological polar surface area (TPSA) is 13.0 Å². The summed E-state index contributed by atoms with van der Waals surface area (Å²) in [6, 6.07) is 203. The number of hydrogen-bond acceptors (Lipinski definition) is 4. The Balaban J connectivity index is 0.000000136. The maximum Gasteiger partial charge on any atom is 0.252 e. The van der Waals surface area contributed by atoms with E-state index in [-0.39, 0.29) is 13.4 Å². The summed E-state index contributed by atoms with van der Waals surface area (Å²) in [5.74, 6) is 0. The summed E-state index contributed by atoms with van der Waals surface area (Å²) in [6.45, 7) is 2.23. The van der Waals surface area contributed by atoms with Crippen LogP contribution in [0.3, 0.4) is 0 Å². The van der Waals surface area contributed by atoms with Crippen molar-refractivity contribution in [3.8, 4) is 44.5 Å². The van der Waals surface area contributed by atoms with E-state index in [1.165, 1.54) is 229 Å². The maximum atomic E-state index is 2.62. The summed E-state index contributed by atoms with van der Waals surface area (Å²) in [6.07, 6.45) is 0. The number of hydrogen-bond donors (Lipinski definition) is 0. The van der Waals surface area contributed by atoms with Crippen molar-refractivity contribution in [2.45, 2.75) is 28.6 Å². The summed E-state index contributed by atoms with van der Waals surface area (Å²) >= 11 is 0. The lowest BCUT2D eigenvalue weighted by Gasteiger charge is -2.47. The third-order valence-corrected chi connectivity index (χ3v) is 32.7. The molecule has 4 aliphatic carbocycles. The molecular formula is C137H92B2N4. The molecule has 0 saturated carbocycles. The average Bonchev–Trinajstić information content (AvgIpc) is 1.52. The van der Waals surface area contributed by atoms with E-state index in [0.717, 1.165) is 11.4 Å². The maximum absolute atomic E-state index is 2.62. The Morgan fingerprint density at radius 2 is 0.385 bits per heavy atom. The summed E-state index contributed by atoms with van der Waals surface area (Å²) in [5, 5.41) is 0. The lowest BCUT2D eigenvalue weighted by molar-refractivity contribution is 0.744. The molecule has 0 saturated heterocycles. The molecule has 8 aliphatic rings. The molecule has 0 N–H and O–H groups in total. The van der Waals surface area contributed by atoms with Gasteiger partial charge in [-0.2, -0.15) is 0 Å². The molecule has 0 atom stereocenters. The second-order valence-electron chi connectivity index (χ2n) is 39.3. The Hall–Kier alpha value is -17.8.